The molecule has 1 aromatic rings. The topological polar surface area (TPSA) is 66.9 Å². The molecule has 0 unspecified atom stereocenters. The van der Waals surface area contributed by atoms with Crippen LogP contribution in [-0.2, 0) is 19.6 Å². The Hall–Kier alpha value is -1.44. The van der Waals surface area contributed by atoms with E-state index >= 15 is 0 Å². The van der Waals surface area contributed by atoms with Crippen LogP contribution in [0.4, 0.5) is 0 Å². The maximum Gasteiger partial charge on any atom is 0.243 e. The van der Waals surface area contributed by atoms with Gasteiger partial charge in [0.05, 0.1) is 23.6 Å². The number of benzene rings is 1. The summed E-state index contributed by atoms with van der Waals surface area (Å²) in [5.74, 6) is -0.0385. The summed E-state index contributed by atoms with van der Waals surface area (Å²) in [6, 6.07) is 6.39. The minimum absolute atomic E-state index is 0.0385. The molecule has 27 heavy (non-hydrogen) atoms. The molecule has 148 valence electrons. The van der Waals surface area contributed by atoms with Crippen molar-refractivity contribution in [1.82, 2.24) is 9.21 Å². The molecule has 1 aromatic carbocycles. The van der Waals surface area contributed by atoms with E-state index in [1.54, 1.807) is 24.3 Å². The molecular weight excluding hydrogens is 364 g/mol. The fourth-order valence-electron chi connectivity index (χ4n) is 4.68. The maximum absolute atomic E-state index is 13.4. The quantitative estimate of drug-likeness (QED) is 0.792. The van der Waals surface area contributed by atoms with Gasteiger partial charge < -0.3 is 9.64 Å². The number of fused-ring (bicyclic) bond motifs is 1. The largest absolute Gasteiger partial charge is 0.374 e. The zero-order valence-electron chi connectivity index (χ0n) is 15.8. The van der Waals surface area contributed by atoms with Gasteiger partial charge in [0.1, 0.15) is 6.04 Å². The second-order valence-electron chi connectivity index (χ2n) is 7.88. The monoisotopic (exact) mass is 392 g/mol. The molecule has 1 amide bonds. The van der Waals surface area contributed by atoms with Crippen molar-refractivity contribution in [2.75, 3.05) is 19.7 Å². The second kappa shape index (κ2) is 7.53. The van der Waals surface area contributed by atoms with E-state index in [2.05, 4.69) is 0 Å². The van der Waals surface area contributed by atoms with Crippen molar-refractivity contribution >= 4 is 15.9 Å². The first kappa shape index (κ1) is 18.9. The number of carbonyl (C=O) groups excluding carboxylic acids is 1. The van der Waals surface area contributed by atoms with E-state index in [0.717, 1.165) is 37.7 Å². The molecular formula is C20H28N2O4S. The summed E-state index contributed by atoms with van der Waals surface area (Å²) in [6.07, 6.45) is 5.61. The summed E-state index contributed by atoms with van der Waals surface area (Å²) in [5.41, 5.74) is 1.01. The predicted octanol–water partition coefficient (Wildman–Crippen LogP) is 2.32. The van der Waals surface area contributed by atoms with E-state index in [0.29, 0.717) is 26.1 Å². The van der Waals surface area contributed by atoms with Gasteiger partial charge in [-0.3, -0.25) is 4.79 Å². The third kappa shape index (κ3) is 3.52. The van der Waals surface area contributed by atoms with E-state index in [4.69, 9.17) is 4.74 Å². The summed E-state index contributed by atoms with van der Waals surface area (Å²) in [7, 11) is -3.66. The van der Waals surface area contributed by atoms with Crippen molar-refractivity contribution in [2.24, 2.45) is 0 Å². The van der Waals surface area contributed by atoms with Gasteiger partial charge in [0.15, 0.2) is 0 Å². The van der Waals surface area contributed by atoms with Gasteiger partial charge in [-0.05, 0) is 44.7 Å². The number of amides is 1. The standard InChI is InChI=1S/C20H28N2O4S/c1-15-8-10-16(11-9-15)27(24,25)22-12-4-6-18(22)20(23)21-13-14-26-19-7-3-2-5-17(19)21/h8-11,17-19H,2-7,12-14H2,1H3/t17-,18-,19+/m0/s1. The molecule has 0 aromatic heterocycles. The number of rotatable bonds is 3. The molecule has 0 bridgehead atoms. The average Bonchev–Trinajstić information content (AvgIpc) is 3.18. The molecule has 6 nitrogen and oxygen atoms in total. The normalized spacial score (nSPS) is 29.5. The lowest BCUT2D eigenvalue weighted by Crippen LogP contribution is -2.59. The summed E-state index contributed by atoms with van der Waals surface area (Å²) in [6.45, 7) is 3.45. The molecule has 3 fully saturated rings. The number of ether oxygens (including phenoxy) is 1. The molecule has 0 N–H and O–H groups in total. The first-order valence-electron chi connectivity index (χ1n) is 9.99. The molecule has 3 atom stereocenters. The van der Waals surface area contributed by atoms with Crippen molar-refractivity contribution in [3.05, 3.63) is 29.8 Å². The molecule has 0 radical (unpaired) electrons. The zero-order chi connectivity index (χ0) is 19.0. The summed E-state index contributed by atoms with van der Waals surface area (Å²) < 4.78 is 33.6. The fraction of sp³-hybridized carbons (Fsp3) is 0.650. The van der Waals surface area contributed by atoms with Crippen LogP contribution in [0.5, 0.6) is 0 Å². The van der Waals surface area contributed by atoms with Crippen LogP contribution in [0.2, 0.25) is 0 Å². The highest BCUT2D eigenvalue weighted by Crippen LogP contribution is 2.32. The Labute approximate surface area is 161 Å². The van der Waals surface area contributed by atoms with Gasteiger partial charge in [-0.25, -0.2) is 8.42 Å². The van der Waals surface area contributed by atoms with Gasteiger partial charge in [0.25, 0.3) is 0 Å². The minimum atomic E-state index is -3.66. The van der Waals surface area contributed by atoms with Crippen LogP contribution in [0, 0.1) is 6.92 Å². The van der Waals surface area contributed by atoms with E-state index in [1.165, 1.54) is 4.31 Å². The van der Waals surface area contributed by atoms with Gasteiger partial charge in [0.2, 0.25) is 15.9 Å². The Kier molecular flexibility index (Phi) is 5.27. The Morgan fingerprint density at radius 2 is 1.78 bits per heavy atom. The number of nitrogens with zero attached hydrogens (tertiary/aromatic N) is 2. The third-order valence-electron chi connectivity index (χ3n) is 6.13. The van der Waals surface area contributed by atoms with E-state index in [9.17, 15) is 13.2 Å². The first-order valence-corrected chi connectivity index (χ1v) is 11.4. The van der Waals surface area contributed by atoms with Crippen LogP contribution in [0.1, 0.15) is 44.1 Å². The van der Waals surface area contributed by atoms with Crippen molar-refractivity contribution in [2.45, 2.75) is 68.5 Å². The Bertz CT molecular complexity index is 791. The highest BCUT2D eigenvalue weighted by atomic mass is 32.2. The number of morpholine rings is 1. The smallest absolute Gasteiger partial charge is 0.243 e. The number of sulfonamides is 1. The van der Waals surface area contributed by atoms with Gasteiger partial charge in [-0.2, -0.15) is 4.31 Å². The molecule has 3 aliphatic rings. The molecule has 0 spiro atoms. The fourth-order valence-corrected chi connectivity index (χ4v) is 6.33. The maximum atomic E-state index is 13.4. The lowest BCUT2D eigenvalue weighted by molar-refractivity contribution is -0.152. The Morgan fingerprint density at radius 1 is 1.04 bits per heavy atom. The molecule has 4 rings (SSSR count). The summed E-state index contributed by atoms with van der Waals surface area (Å²) in [4.78, 5) is 15.5. The minimum Gasteiger partial charge on any atom is -0.374 e. The van der Waals surface area contributed by atoms with E-state index in [-0.39, 0.29) is 22.9 Å². The van der Waals surface area contributed by atoms with Crippen LogP contribution < -0.4 is 0 Å². The summed E-state index contributed by atoms with van der Waals surface area (Å²) in [5, 5.41) is 0. The van der Waals surface area contributed by atoms with Crippen molar-refractivity contribution in [3.8, 4) is 0 Å². The van der Waals surface area contributed by atoms with E-state index < -0.39 is 16.1 Å². The Morgan fingerprint density at radius 3 is 2.56 bits per heavy atom. The molecule has 1 aliphatic carbocycles. The Balaban J connectivity index is 1.57. The van der Waals surface area contributed by atoms with E-state index in [1.807, 2.05) is 11.8 Å². The van der Waals surface area contributed by atoms with Crippen LogP contribution in [0.25, 0.3) is 0 Å². The van der Waals surface area contributed by atoms with Crippen molar-refractivity contribution < 1.29 is 17.9 Å². The van der Waals surface area contributed by atoms with Gasteiger partial charge in [-0.1, -0.05) is 30.5 Å². The number of carbonyl (C=O) groups is 1. The molecule has 2 heterocycles. The first-order chi connectivity index (χ1) is 13.0. The molecule has 2 saturated heterocycles. The van der Waals surface area contributed by atoms with Crippen LogP contribution >= 0.6 is 0 Å². The zero-order valence-corrected chi connectivity index (χ0v) is 16.7. The number of hydrogen-bond acceptors (Lipinski definition) is 4. The molecule has 1 saturated carbocycles. The third-order valence-corrected chi connectivity index (χ3v) is 8.05. The SMILES string of the molecule is Cc1ccc(S(=O)(=O)N2CCC[C@H]2C(=O)N2CCO[C@@H]3CCCC[C@@H]32)cc1. The lowest BCUT2D eigenvalue weighted by Gasteiger charge is -2.45. The van der Waals surface area contributed by atoms with Crippen molar-refractivity contribution in [3.63, 3.8) is 0 Å². The summed E-state index contributed by atoms with van der Waals surface area (Å²) >= 11 is 0. The highest BCUT2D eigenvalue weighted by molar-refractivity contribution is 7.89. The van der Waals surface area contributed by atoms with Gasteiger partial charge >= 0.3 is 0 Å². The number of aryl methyl sites for hydroxylation is 1. The predicted molar refractivity (Wildman–Crippen MR) is 102 cm³/mol. The second-order valence-corrected chi connectivity index (χ2v) is 9.77. The van der Waals surface area contributed by atoms with Crippen LogP contribution in [0.15, 0.2) is 29.2 Å². The van der Waals surface area contributed by atoms with Crippen molar-refractivity contribution in [1.29, 1.82) is 0 Å². The van der Waals surface area contributed by atoms with Gasteiger partial charge in [-0.15, -0.1) is 0 Å². The van der Waals surface area contributed by atoms with Gasteiger partial charge in [0, 0.05) is 13.1 Å². The molecule has 2 aliphatic heterocycles. The molecule has 7 heteroatoms. The van der Waals surface area contributed by atoms with Crippen LogP contribution in [0.3, 0.4) is 0 Å². The number of hydrogen-bond donors (Lipinski definition) is 0. The lowest BCUT2D eigenvalue weighted by atomic mass is 9.89. The highest BCUT2D eigenvalue weighted by Gasteiger charge is 2.45. The van der Waals surface area contributed by atoms with Crippen LogP contribution in [-0.4, -0.2) is 61.4 Å². The average molecular weight is 393 g/mol.